The summed E-state index contributed by atoms with van der Waals surface area (Å²) in [7, 11) is 0. The molecule has 0 aliphatic carbocycles. The smallest absolute Gasteiger partial charge is 0.550 e. The molecule has 0 bridgehead atoms. The van der Waals surface area contributed by atoms with Gasteiger partial charge in [0.15, 0.2) is 0 Å². The van der Waals surface area contributed by atoms with Crippen LogP contribution in [0.25, 0.3) is 11.1 Å². The maximum Gasteiger partial charge on any atom is 1.00 e. The van der Waals surface area contributed by atoms with E-state index in [0.717, 1.165) is 22.4 Å². The van der Waals surface area contributed by atoms with Gasteiger partial charge in [-0.1, -0.05) is 12.1 Å². The van der Waals surface area contributed by atoms with E-state index in [1.807, 2.05) is 13.1 Å². The number of hydrogen-bond acceptors (Lipinski definition) is 4. The van der Waals surface area contributed by atoms with Gasteiger partial charge in [0.05, 0.1) is 12.2 Å². The summed E-state index contributed by atoms with van der Waals surface area (Å²) >= 11 is 0. The minimum absolute atomic E-state index is 0. The van der Waals surface area contributed by atoms with E-state index in [4.69, 9.17) is 0 Å². The molecule has 0 saturated heterocycles. The van der Waals surface area contributed by atoms with E-state index in [9.17, 15) is 24.5 Å². The van der Waals surface area contributed by atoms with Gasteiger partial charge in [0.25, 0.3) is 0 Å². The Kier molecular flexibility index (Phi) is 9.87. The van der Waals surface area contributed by atoms with E-state index in [0.29, 0.717) is 12.8 Å². The normalized spacial score (nSPS) is 13.2. The van der Waals surface area contributed by atoms with Crippen molar-refractivity contribution in [1.82, 2.24) is 4.57 Å². The van der Waals surface area contributed by atoms with Gasteiger partial charge in [-0.25, -0.2) is 4.39 Å². The molecule has 2 aromatic rings. The predicted octanol–water partition coefficient (Wildman–Crippen LogP) is -0.628. The molecule has 5 nitrogen and oxygen atoms in total. The van der Waals surface area contributed by atoms with Gasteiger partial charge in [-0.15, -0.1) is 0 Å². The second-order valence-electron chi connectivity index (χ2n) is 7.27. The summed E-state index contributed by atoms with van der Waals surface area (Å²) in [6.45, 7) is 6.17. The topological polar surface area (TPSA) is 85.5 Å². The third-order valence-electron chi connectivity index (χ3n) is 4.80. The molecular weight excluding hydrogens is 372 g/mol. The maximum atomic E-state index is 13.3. The molecule has 2 N–H and O–H groups in total. The number of aromatic nitrogens is 1. The molecule has 1 heterocycles. The SMILES string of the molecule is Cc1c(CC[C@@H](O)C[C@@H](O)CC(=O)[O-])c(-c2ccc(F)cc2)cn1C(C)C.[Na+]. The molecule has 28 heavy (non-hydrogen) atoms. The zero-order chi connectivity index (χ0) is 20.1. The van der Waals surface area contributed by atoms with E-state index in [1.54, 1.807) is 12.1 Å². The zero-order valence-electron chi connectivity index (χ0n) is 17.0. The fraction of sp³-hybridized carbons (Fsp3) is 0.476. The second kappa shape index (κ2) is 11.1. The fourth-order valence-corrected chi connectivity index (χ4v) is 3.41. The molecular formula is C21H27FNNaO4. The average Bonchev–Trinajstić information content (AvgIpc) is 2.89. The molecule has 0 radical (unpaired) electrons. The van der Waals surface area contributed by atoms with E-state index < -0.39 is 24.6 Å². The van der Waals surface area contributed by atoms with E-state index in [-0.39, 0.29) is 47.8 Å². The number of halogens is 1. The van der Waals surface area contributed by atoms with Crippen LogP contribution >= 0.6 is 0 Å². The third kappa shape index (κ3) is 6.71. The number of rotatable bonds is 9. The molecule has 0 amide bonds. The second-order valence-corrected chi connectivity index (χ2v) is 7.27. The molecule has 0 aliphatic heterocycles. The number of nitrogens with zero attached hydrogens (tertiary/aromatic N) is 1. The molecule has 1 aromatic carbocycles. The first-order chi connectivity index (χ1) is 12.7. The summed E-state index contributed by atoms with van der Waals surface area (Å²) < 4.78 is 15.4. The standard InChI is InChI=1S/C21H28FNO4.Na/c1-13(2)23-12-20(15-4-6-16(22)7-5-15)19(14(23)3)9-8-17(24)10-18(25)11-21(26)27;/h4-7,12-13,17-18,24-25H,8-11H2,1-3H3,(H,26,27);/q;+1/p-1/t17-,18-;/m1./s1. The zero-order valence-corrected chi connectivity index (χ0v) is 19.0. The van der Waals surface area contributed by atoms with Crippen molar-refractivity contribution < 1.29 is 54.1 Å². The summed E-state index contributed by atoms with van der Waals surface area (Å²) in [6, 6.07) is 6.57. The molecule has 7 heteroatoms. The number of hydrogen-bond donors (Lipinski definition) is 2. The minimum Gasteiger partial charge on any atom is -0.550 e. The summed E-state index contributed by atoms with van der Waals surface area (Å²) in [6.07, 6.45) is 0.563. The number of carbonyl (C=O) groups excluding carboxylic acids is 1. The number of benzene rings is 1. The van der Waals surface area contributed by atoms with Gasteiger partial charge in [0.2, 0.25) is 0 Å². The van der Waals surface area contributed by atoms with E-state index in [2.05, 4.69) is 18.4 Å². The van der Waals surface area contributed by atoms with Crippen LogP contribution in [-0.4, -0.2) is 33.0 Å². The third-order valence-corrected chi connectivity index (χ3v) is 4.80. The predicted molar refractivity (Wildman–Crippen MR) is 99.5 cm³/mol. The van der Waals surface area contributed by atoms with Crippen LogP contribution in [0.15, 0.2) is 30.5 Å². The molecule has 0 saturated carbocycles. The Morgan fingerprint density at radius 2 is 1.79 bits per heavy atom. The molecule has 148 valence electrons. The van der Waals surface area contributed by atoms with Crippen molar-refractivity contribution in [2.75, 3.05) is 0 Å². The van der Waals surface area contributed by atoms with Crippen molar-refractivity contribution in [2.24, 2.45) is 0 Å². The Balaban J connectivity index is 0.00000392. The molecule has 0 aliphatic rings. The van der Waals surface area contributed by atoms with Crippen molar-refractivity contribution in [3.8, 4) is 11.1 Å². The van der Waals surface area contributed by atoms with Crippen molar-refractivity contribution in [3.63, 3.8) is 0 Å². The van der Waals surface area contributed by atoms with E-state index >= 15 is 0 Å². The van der Waals surface area contributed by atoms with E-state index in [1.165, 1.54) is 12.1 Å². The van der Waals surface area contributed by atoms with Crippen LogP contribution < -0.4 is 34.7 Å². The van der Waals surface area contributed by atoms with Crippen molar-refractivity contribution in [3.05, 3.63) is 47.5 Å². The first kappa shape index (κ1) is 24.9. The molecule has 2 atom stereocenters. The Bertz CT molecular complexity index is 773. The van der Waals surface area contributed by atoms with Gasteiger partial charge < -0.3 is 24.7 Å². The number of carboxylic acid groups (broad SMARTS) is 1. The Morgan fingerprint density at radius 1 is 1.18 bits per heavy atom. The van der Waals surface area contributed by atoms with Crippen LogP contribution in [0.2, 0.25) is 0 Å². The number of aliphatic hydroxyl groups excluding tert-OH is 2. The Morgan fingerprint density at radius 3 is 2.32 bits per heavy atom. The summed E-state index contributed by atoms with van der Waals surface area (Å²) in [4.78, 5) is 10.5. The molecule has 0 fully saturated rings. The van der Waals surface area contributed by atoms with Crippen LogP contribution in [-0.2, 0) is 11.2 Å². The Hall–Kier alpha value is -1.18. The average molecular weight is 399 g/mol. The maximum absolute atomic E-state index is 13.3. The molecule has 2 rings (SSSR count). The van der Waals surface area contributed by atoms with Crippen LogP contribution in [0.5, 0.6) is 0 Å². The number of carboxylic acids is 1. The number of carbonyl (C=O) groups is 1. The van der Waals surface area contributed by atoms with Crippen LogP contribution in [0.1, 0.15) is 50.4 Å². The van der Waals surface area contributed by atoms with Crippen molar-refractivity contribution in [1.29, 1.82) is 0 Å². The monoisotopic (exact) mass is 399 g/mol. The summed E-state index contributed by atoms with van der Waals surface area (Å²) in [5.74, 6) is -1.63. The minimum atomic E-state index is -1.34. The number of aliphatic hydroxyl groups is 2. The summed E-state index contributed by atoms with van der Waals surface area (Å²) in [5.41, 5.74) is 4.03. The van der Waals surface area contributed by atoms with Gasteiger partial charge in [0, 0.05) is 35.9 Å². The van der Waals surface area contributed by atoms with Gasteiger partial charge >= 0.3 is 29.6 Å². The quantitative estimate of drug-likeness (QED) is 0.550. The molecule has 0 spiro atoms. The molecule has 0 unspecified atom stereocenters. The van der Waals surface area contributed by atoms with Gasteiger partial charge in [-0.2, -0.15) is 0 Å². The van der Waals surface area contributed by atoms with Crippen molar-refractivity contribution >= 4 is 5.97 Å². The first-order valence-corrected chi connectivity index (χ1v) is 9.21. The fourth-order valence-electron chi connectivity index (χ4n) is 3.41. The van der Waals surface area contributed by atoms with Gasteiger partial charge in [-0.3, -0.25) is 0 Å². The van der Waals surface area contributed by atoms with Crippen LogP contribution in [0.4, 0.5) is 4.39 Å². The summed E-state index contributed by atoms with van der Waals surface area (Å²) in [5, 5.41) is 30.4. The van der Waals surface area contributed by atoms with Gasteiger partial charge in [0.1, 0.15) is 5.82 Å². The first-order valence-electron chi connectivity index (χ1n) is 9.21. The molecule has 1 aromatic heterocycles. The van der Waals surface area contributed by atoms with Gasteiger partial charge in [-0.05, 0) is 63.3 Å². The van der Waals surface area contributed by atoms with Crippen LogP contribution in [0.3, 0.4) is 0 Å². The Labute approximate surface area is 187 Å². The van der Waals surface area contributed by atoms with Crippen LogP contribution in [0, 0.1) is 12.7 Å². The largest absolute Gasteiger partial charge is 1.00 e. The van der Waals surface area contributed by atoms with Crippen molar-refractivity contribution in [2.45, 2.75) is 64.7 Å². The number of aliphatic carboxylic acids is 1.